The van der Waals surface area contributed by atoms with Crippen molar-refractivity contribution in [2.24, 2.45) is 5.92 Å². The Morgan fingerprint density at radius 2 is 1.53 bits per heavy atom. The van der Waals surface area contributed by atoms with Crippen LogP contribution in [-0.2, 0) is 10.0 Å². The topological polar surface area (TPSA) is 79.4 Å². The molecule has 2 aliphatic rings. The minimum absolute atomic E-state index is 0.125. The van der Waals surface area contributed by atoms with Crippen molar-refractivity contribution < 1.29 is 22.7 Å². The monoisotopic (exact) mass is 487 g/mol. The summed E-state index contributed by atoms with van der Waals surface area (Å²) in [6.45, 7) is 5.44. The molecule has 34 heavy (non-hydrogen) atoms. The zero-order chi connectivity index (χ0) is 24.3. The predicted molar refractivity (Wildman–Crippen MR) is 131 cm³/mol. The molecule has 0 atom stereocenters. The van der Waals surface area contributed by atoms with E-state index in [1.807, 2.05) is 24.3 Å². The SMILES string of the molecule is COc1ccc(N2CCN(S(=O)(=O)c3ccc(OC)c(C(=O)N4CCC(C)CC4)c3)CC2)cc1. The van der Waals surface area contributed by atoms with Gasteiger partial charge in [0.1, 0.15) is 11.5 Å². The molecule has 0 radical (unpaired) electrons. The minimum Gasteiger partial charge on any atom is -0.497 e. The zero-order valence-electron chi connectivity index (χ0n) is 20.1. The maximum absolute atomic E-state index is 13.4. The molecular weight excluding hydrogens is 454 g/mol. The van der Waals surface area contributed by atoms with Crippen LogP contribution in [0.15, 0.2) is 47.4 Å². The van der Waals surface area contributed by atoms with Gasteiger partial charge in [-0.15, -0.1) is 0 Å². The van der Waals surface area contributed by atoms with E-state index in [0.717, 1.165) is 24.3 Å². The molecular formula is C25H33N3O5S. The number of piperidine rings is 1. The van der Waals surface area contributed by atoms with Crippen molar-refractivity contribution in [2.45, 2.75) is 24.7 Å². The highest BCUT2D eigenvalue weighted by molar-refractivity contribution is 7.89. The molecule has 4 rings (SSSR count). The molecule has 2 saturated heterocycles. The Morgan fingerprint density at radius 3 is 2.12 bits per heavy atom. The molecule has 0 saturated carbocycles. The lowest BCUT2D eigenvalue weighted by Gasteiger charge is -2.35. The number of piperazine rings is 1. The number of hydrogen-bond acceptors (Lipinski definition) is 6. The summed E-state index contributed by atoms with van der Waals surface area (Å²) in [7, 11) is -0.613. The lowest BCUT2D eigenvalue weighted by Crippen LogP contribution is -2.48. The number of likely N-dealkylation sites (tertiary alicyclic amines) is 1. The Labute approximate surface area is 202 Å². The van der Waals surface area contributed by atoms with Crippen LogP contribution in [0.5, 0.6) is 11.5 Å². The number of methoxy groups -OCH3 is 2. The van der Waals surface area contributed by atoms with Crippen LogP contribution >= 0.6 is 0 Å². The van der Waals surface area contributed by atoms with E-state index in [1.165, 1.54) is 23.5 Å². The molecule has 8 nitrogen and oxygen atoms in total. The minimum atomic E-state index is -3.74. The molecule has 2 fully saturated rings. The first kappa shape index (κ1) is 24.3. The maximum atomic E-state index is 13.4. The van der Waals surface area contributed by atoms with E-state index < -0.39 is 10.0 Å². The summed E-state index contributed by atoms with van der Waals surface area (Å²) in [6, 6.07) is 12.3. The highest BCUT2D eigenvalue weighted by Gasteiger charge is 2.31. The summed E-state index contributed by atoms with van der Waals surface area (Å²) >= 11 is 0. The van der Waals surface area contributed by atoms with Crippen molar-refractivity contribution in [3.8, 4) is 11.5 Å². The van der Waals surface area contributed by atoms with Gasteiger partial charge in [-0.2, -0.15) is 4.31 Å². The molecule has 2 aromatic carbocycles. The number of carbonyl (C=O) groups is 1. The largest absolute Gasteiger partial charge is 0.497 e. The van der Waals surface area contributed by atoms with Gasteiger partial charge < -0.3 is 19.3 Å². The number of carbonyl (C=O) groups excluding carboxylic acids is 1. The summed E-state index contributed by atoms with van der Waals surface area (Å²) < 4.78 is 39.0. The molecule has 2 aliphatic heterocycles. The van der Waals surface area contributed by atoms with Crippen LogP contribution in [0.2, 0.25) is 0 Å². The van der Waals surface area contributed by atoms with Crippen molar-refractivity contribution in [2.75, 3.05) is 58.4 Å². The number of anilines is 1. The normalized spacial score (nSPS) is 18.1. The first-order chi connectivity index (χ1) is 16.3. The van der Waals surface area contributed by atoms with E-state index in [-0.39, 0.29) is 10.8 Å². The number of nitrogens with zero attached hydrogens (tertiary/aromatic N) is 3. The maximum Gasteiger partial charge on any atom is 0.257 e. The first-order valence-corrected chi connectivity index (χ1v) is 13.1. The molecule has 184 valence electrons. The van der Waals surface area contributed by atoms with Gasteiger partial charge >= 0.3 is 0 Å². The lowest BCUT2D eigenvalue weighted by molar-refractivity contribution is 0.0693. The third kappa shape index (κ3) is 5.00. The molecule has 0 unspecified atom stereocenters. The smallest absolute Gasteiger partial charge is 0.257 e. The molecule has 2 heterocycles. The fraction of sp³-hybridized carbons (Fsp3) is 0.480. The summed E-state index contributed by atoms with van der Waals surface area (Å²) in [5.41, 5.74) is 1.33. The highest BCUT2D eigenvalue weighted by Crippen LogP contribution is 2.29. The van der Waals surface area contributed by atoms with E-state index in [2.05, 4.69) is 11.8 Å². The second-order valence-corrected chi connectivity index (χ2v) is 10.9. The third-order valence-corrected chi connectivity index (χ3v) is 8.68. The number of ether oxygens (including phenoxy) is 2. The van der Waals surface area contributed by atoms with Crippen LogP contribution in [0.4, 0.5) is 5.69 Å². The fourth-order valence-corrected chi connectivity index (χ4v) is 5.97. The molecule has 0 spiro atoms. The molecule has 0 N–H and O–H groups in total. The number of benzene rings is 2. The zero-order valence-corrected chi connectivity index (χ0v) is 20.9. The van der Waals surface area contributed by atoms with Crippen molar-refractivity contribution in [3.05, 3.63) is 48.0 Å². The quantitative estimate of drug-likeness (QED) is 0.623. The second-order valence-electron chi connectivity index (χ2n) is 8.93. The van der Waals surface area contributed by atoms with Crippen molar-refractivity contribution in [3.63, 3.8) is 0 Å². The van der Waals surface area contributed by atoms with Gasteiger partial charge in [0.2, 0.25) is 10.0 Å². The summed E-state index contributed by atoms with van der Waals surface area (Å²) in [4.78, 5) is 17.3. The van der Waals surface area contributed by atoms with Crippen LogP contribution < -0.4 is 14.4 Å². The van der Waals surface area contributed by atoms with Gasteiger partial charge in [0.15, 0.2) is 0 Å². The summed E-state index contributed by atoms with van der Waals surface area (Å²) in [5.74, 6) is 1.60. The number of amides is 1. The van der Waals surface area contributed by atoms with Gasteiger partial charge in [-0.3, -0.25) is 4.79 Å². The summed E-state index contributed by atoms with van der Waals surface area (Å²) in [6.07, 6.45) is 1.90. The van der Waals surface area contributed by atoms with E-state index in [1.54, 1.807) is 18.1 Å². The van der Waals surface area contributed by atoms with Gasteiger partial charge in [0.05, 0.1) is 24.7 Å². The van der Waals surface area contributed by atoms with E-state index in [0.29, 0.717) is 56.5 Å². The number of sulfonamides is 1. The van der Waals surface area contributed by atoms with Crippen LogP contribution in [0.1, 0.15) is 30.1 Å². The molecule has 2 aromatic rings. The Kier molecular flexibility index (Phi) is 7.33. The van der Waals surface area contributed by atoms with Crippen molar-refractivity contribution in [1.82, 2.24) is 9.21 Å². The Morgan fingerprint density at radius 1 is 0.882 bits per heavy atom. The van der Waals surface area contributed by atoms with E-state index >= 15 is 0 Å². The number of hydrogen-bond donors (Lipinski definition) is 0. The first-order valence-electron chi connectivity index (χ1n) is 11.7. The standard InChI is InChI=1S/C25H33N3O5S/c1-19-10-12-27(13-11-19)25(29)23-18-22(8-9-24(23)33-3)34(30,31)28-16-14-26(15-17-28)20-4-6-21(32-2)7-5-20/h4-9,18-19H,10-17H2,1-3H3. The molecule has 9 heteroatoms. The van der Waals surface area contributed by atoms with Gasteiger partial charge in [0, 0.05) is 45.0 Å². The van der Waals surface area contributed by atoms with Gasteiger partial charge in [0.25, 0.3) is 5.91 Å². The van der Waals surface area contributed by atoms with Gasteiger partial charge in [-0.25, -0.2) is 8.42 Å². The van der Waals surface area contributed by atoms with Crippen LogP contribution in [0.25, 0.3) is 0 Å². The van der Waals surface area contributed by atoms with Crippen LogP contribution in [0, 0.1) is 5.92 Å². The Bertz CT molecular complexity index is 1100. The Balaban J connectivity index is 1.49. The molecule has 0 bridgehead atoms. The molecule has 0 aromatic heterocycles. The van der Waals surface area contributed by atoms with E-state index in [9.17, 15) is 13.2 Å². The molecule has 1 amide bonds. The fourth-order valence-electron chi connectivity index (χ4n) is 4.53. The average molecular weight is 488 g/mol. The average Bonchev–Trinajstić information content (AvgIpc) is 2.88. The highest BCUT2D eigenvalue weighted by atomic mass is 32.2. The number of rotatable bonds is 6. The predicted octanol–water partition coefficient (Wildman–Crippen LogP) is 3.09. The van der Waals surface area contributed by atoms with Gasteiger partial charge in [-0.05, 0) is 61.2 Å². The Hall–Kier alpha value is -2.78. The van der Waals surface area contributed by atoms with Gasteiger partial charge in [-0.1, -0.05) is 6.92 Å². The lowest BCUT2D eigenvalue weighted by atomic mass is 9.98. The third-order valence-electron chi connectivity index (χ3n) is 6.79. The van der Waals surface area contributed by atoms with Crippen LogP contribution in [-0.4, -0.2) is 77.0 Å². The van der Waals surface area contributed by atoms with E-state index in [4.69, 9.17) is 9.47 Å². The second kappa shape index (κ2) is 10.2. The molecule has 0 aliphatic carbocycles. The van der Waals surface area contributed by atoms with Crippen LogP contribution in [0.3, 0.4) is 0 Å². The summed E-state index contributed by atoms with van der Waals surface area (Å²) in [5, 5.41) is 0. The van der Waals surface area contributed by atoms with Crippen molar-refractivity contribution in [1.29, 1.82) is 0 Å². The van der Waals surface area contributed by atoms with Crippen molar-refractivity contribution >= 4 is 21.6 Å².